The number of halogens is 3. The SMILES string of the molecule is COC(=O)Nc1ccc2c(c1)NC(=O)C(C)CCC[C@H](NC(=O)c1nnn(-c3cccc(Cl)c3F)c1C)c1cc-2c(F)cn1. The van der Waals surface area contributed by atoms with Crippen LogP contribution in [0, 0.1) is 24.5 Å². The largest absolute Gasteiger partial charge is 0.453 e. The minimum atomic E-state index is -0.707. The zero-order chi connectivity index (χ0) is 31.5. The van der Waals surface area contributed by atoms with Crippen molar-refractivity contribution in [1.82, 2.24) is 25.3 Å². The molecule has 2 atom stereocenters. The highest BCUT2D eigenvalue weighted by molar-refractivity contribution is 6.30. The number of ether oxygens (including phenoxy) is 1. The highest BCUT2D eigenvalue weighted by atomic mass is 35.5. The zero-order valence-corrected chi connectivity index (χ0v) is 24.7. The molecule has 0 saturated heterocycles. The fraction of sp³-hybridized carbons (Fsp3) is 0.267. The maximum atomic E-state index is 15.3. The van der Waals surface area contributed by atoms with Gasteiger partial charge in [0.1, 0.15) is 11.5 Å². The number of carbonyl (C=O) groups is 3. The minimum absolute atomic E-state index is 0.0354. The van der Waals surface area contributed by atoms with Gasteiger partial charge in [-0.25, -0.2) is 18.3 Å². The highest BCUT2D eigenvalue weighted by Gasteiger charge is 2.26. The van der Waals surface area contributed by atoms with E-state index in [9.17, 15) is 18.8 Å². The van der Waals surface area contributed by atoms with E-state index in [1.165, 1.54) is 36.1 Å². The van der Waals surface area contributed by atoms with Crippen molar-refractivity contribution in [1.29, 1.82) is 0 Å². The molecule has 0 fully saturated rings. The van der Waals surface area contributed by atoms with Crippen LogP contribution in [0.3, 0.4) is 0 Å². The molecule has 228 valence electrons. The van der Waals surface area contributed by atoms with Crippen molar-refractivity contribution in [2.24, 2.45) is 5.92 Å². The van der Waals surface area contributed by atoms with Crippen LogP contribution >= 0.6 is 11.6 Å². The molecule has 2 aromatic heterocycles. The van der Waals surface area contributed by atoms with Crippen LogP contribution in [0.4, 0.5) is 25.0 Å². The normalized spacial score (nSPS) is 16.5. The third-order valence-electron chi connectivity index (χ3n) is 7.38. The lowest BCUT2D eigenvalue weighted by atomic mass is 9.95. The number of benzene rings is 2. The Morgan fingerprint density at radius 3 is 2.70 bits per heavy atom. The van der Waals surface area contributed by atoms with Gasteiger partial charge in [-0.15, -0.1) is 5.10 Å². The summed E-state index contributed by atoms with van der Waals surface area (Å²) in [6.45, 7) is 3.34. The number of hydrogen-bond donors (Lipinski definition) is 3. The number of fused-ring (bicyclic) bond motifs is 4. The summed E-state index contributed by atoms with van der Waals surface area (Å²) >= 11 is 5.92. The predicted molar refractivity (Wildman–Crippen MR) is 159 cm³/mol. The van der Waals surface area contributed by atoms with Crippen molar-refractivity contribution in [3.63, 3.8) is 0 Å². The molecule has 0 radical (unpaired) electrons. The number of carbonyl (C=O) groups excluding carboxylic acids is 3. The molecule has 14 heteroatoms. The van der Waals surface area contributed by atoms with E-state index >= 15 is 4.39 Å². The monoisotopic (exact) mass is 623 g/mol. The lowest BCUT2D eigenvalue weighted by molar-refractivity contribution is -0.119. The smallest absolute Gasteiger partial charge is 0.411 e. The van der Waals surface area contributed by atoms with Crippen molar-refractivity contribution in [3.05, 3.63) is 82.4 Å². The summed E-state index contributed by atoms with van der Waals surface area (Å²) in [5, 5.41) is 16.1. The summed E-state index contributed by atoms with van der Waals surface area (Å²) in [4.78, 5) is 42.6. The first-order valence-electron chi connectivity index (χ1n) is 13.7. The predicted octanol–water partition coefficient (Wildman–Crippen LogP) is 5.98. The van der Waals surface area contributed by atoms with E-state index in [-0.39, 0.29) is 39.3 Å². The number of pyridine rings is 1. The van der Waals surface area contributed by atoms with Gasteiger partial charge in [0.2, 0.25) is 5.91 Å². The maximum absolute atomic E-state index is 15.3. The van der Waals surface area contributed by atoms with Gasteiger partial charge in [0, 0.05) is 22.7 Å². The quantitative estimate of drug-likeness (QED) is 0.254. The first-order chi connectivity index (χ1) is 21.1. The van der Waals surface area contributed by atoms with E-state index < -0.39 is 35.6 Å². The van der Waals surface area contributed by atoms with Crippen LogP contribution in [-0.4, -0.2) is 45.0 Å². The van der Waals surface area contributed by atoms with Crippen molar-refractivity contribution >= 4 is 40.9 Å². The Labute approximate surface area is 256 Å². The van der Waals surface area contributed by atoms with E-state index in [1.807, 2.05) is 0 Å². The minimum Gasteiger partial charge on any atom is -0.453 e. The van der Waals surface area contributed by atoms with Crippen molar-refractivity contribution < 1.29 is 27.9 Å². The summed E-state index contributed by atoms with van der Waals surface area (Å²) in [6, 6.07) is 9.85. The Hall–Kier alpha value is -4.91. The van der Waals surface area contributed by atoms with Crippen LogP contribution in [-0.2, 0) is 9.53 Å². The summed E-state index contributed by atoms with van der Waals surface area (Å²) in [5.74, 6) is -2.68. The molecule has 3 heterocycles. The third-order valence-corrected chi connectivity index (χ3v) is 7.68. The van der Waals surface area contributed by atoms with E-state index in [4.69, 9.17) is 11.6 Å². The number of rotatable bonds is 4. The number of methoxy groups -OCH3 is 1. The maximum Gasteiger partial charge on any atom is 0.411 e. The van der Waals surface area contributed by atoms with Crippen molar-refractivity contribution in [2.45, 2.75) is 39.2 Å². The second kappa shape index (κ2) is 12.8. The topological polar surface area (TPSA) is 140 Å². The second-order valence-electron chi connectivity index (χ2n) is 10.3. The molecule has 0 spiro atoms. The third kappa shape index (κ3) is 6.23. The van der Waals surface area contributed by atoms with Gasteiger partial charge in [-0.05, 0) is 50.1 Å². The van der Waals surface area contributed by atoms with E-state index in [0.717, 1.165) is 6.20 Å². The molecule has 1 unspecified atom stereocenters. The fourth-order valence-electron chi connectivity index (χ4n) is 4.94. The Bertz CT molecular complexity index is 1760. The fourth-order valence-corrected chi connectivity index (χ4v) is 5.11. The zero-order valence-electron chi connectivity index (χ0n) is 24.0. The molecule has 4 aromatic rings. The number of nitrogens with one attached hydrogen (secondary N) is 3. The summed E-state index contributed by atoms with van der Waals surface area (Å²) in [7, 11) is 1.22. The molecule has 1 aliphatic rings. The van der Waals surface area contributed by atoms with E-state index in [0.29, 0.717) is 36.2 Å². The van der Waals surface area contributed by atoms with E-state index in [2.05, 4.69) is 36.0 Å². The molecule has 1 aliphatic heterocycles. The summed E-state index contributed by atoms with van der Waals surface area (Å²) in [6.07, 6.45) is 1.72. The van der Waals surface area contributed by atoms with Gasteiger partial charge in [0.25, 0.3) is 5.91 Å². The average Bonchev–Trinajstić information content (AvgIpc) is 3.38. The molecular formula is C30H28ClF2N7O4. The van der Waals surface area contributed by atoms with E-state index in [1.54, 1.807) is 32.0 Å². The molecule has 0 saturated carbocycles. The first-order valence-corrected chi connectivity index (χ1v) is 14.1. The van der Waals surface area contributed by atoms with Crippen molar-refractivity contribution in [3.8, 4) is 16.8 Å². The molecule has 5 rings (SSSR count). The highest BCUT2D eigenvalue weighted by Crippen LogP contribution is 2.35. The van der Waals surface area contributed by atoms with Gasteiger partial charge in [-0.2, -0.15) is 0 Å². The number of nitrogens with zero attached hydrogens (tertiary/aromatic N) is 4. The van der Waals surface area contributed by atoms with Crippen LogP contribution in [0.25, 0.3) is 16.8 Å². The Morgan fingerprint density at radius 1 is 1.14 bits per heavy atom. The summed E-state index contributed by atoms with van der Waals surface area (Å²) in [5.41, 5.74) is 1.72. The van der Waals surface area contributed by atoms with Crippen LogP contribution < -0.4 is 16.0 Å². The molecule has 3 amide bonds. The number of amides is 3. The lowest BCUT2D eigenvalue weighted by Gasteiger charge is -2.22. The Morgan fingerprint density at radius 2 is 1.93 bits per heavy atom. The van der Waals surface area contributed by atoms with Gasteiger partial charge in [-0.3, -0.25) is 19.9 Å². The molecular weight excluding hydrogens is 596 g/mol. The van der Waals surface area contributed by atoms with Crippen LogP contribution in [0.2, 0.25) is 5.02 Å². The summed E-state index contributed by atoms with van der Waals surface area (Å²) < 4.78 is 35.8. The molecule has 11 nitrogen and oxygen atoms in total. The molecule has 2 bridgehead atoms. The number of hydrogen-bond acceptors (Lipinski definition) is 7. The van der Waals surface area contributed by atoms with Crippen LogP contribution in [0.5, 0.6) is 0 Å². The van der Waals surface area contributed by atoms with Gasteiger partial charge in [0.15, 0.2) is 11.5 Å². The Kier molecular flexibility index (Phi) is 8.86. The second-order valence-corrected chi connectivity index (χ2v) is 10.7. The standard InChI is InChI=1S/C30H28ClF2N7O4/c1-15-6-4-8-22(36-29(42)27-16(2)40(39-38-27)25-9-5-7-20(31)26(25)33)24-13-19(21(32)14-34-24)18-11-10-17(35-30(43)44-3)12-23(18)37-28(15)41/h5,7,9-15,22H,4,6,8H2,1-3H3,(H,35,43)(H,36,42)(H,37,41)/t15?,22-/m0/s1. The molecule has 2 aromatic carbocycles. The van der Waals surface area contributed by atoms with Gasteiger partial charge in [-0.1, -0.05) is 42.3 Å². The van der Waals surface area contributed by atoms with Crippen LogP contribution in [0.1, 0.15) is 54.1 Å². The van der Waals surface area contributed by atoms with Gasteiger partial charge < -0.3 is 15.4 Å². The first kappa shape index (κ1) is 30.5. The molecule has 44 heavy (non-hydrogen) atoms. The average molecular weight is 624 g/mol. The lowest BCUT2D eigenvalue weighted by Crippen LogP contribution is -2.30. The van der Waals surface area contributed by atoms with Gasteiger partial charge in [0.05, 0.1) is 41.4 Å². The molecule has 0 aliphatic carbocycles. The Balaban J connectivity index is 1.51. The van der Waals surface area contributed by atoms with Crippen LogP contribution in [0.15, 0.2) is 48.7 Å². The molecule has 3 N–H and O–H groups in total. The number of aromatic nitrogens is 4. The van der Waals surface area contributed by atoms with Crippen molar-refractivity contribution in [2.75, 3.05) is 17.7 Å². The van der Waals surface area contributed by atoms with Gasteiger partial charge >= 0.3 is 6.09 Å². The number of anilines is 2.